The van der Waals surface area contributed by atoms with Gasteiger partial charge in [0.2, 0.25) is 5.91 Å². The zero-order valence-electron chi connectivity index (χ0n) is 11.7. The quantitative estimate of drug-likeness (QED) is 0.745. The topological polar surface area (TPSA) is 83.5 Å². The highest BCUT2D eigenvalue weighted by Gasteiger charge is 2.26. The zero-order chi connectivity index (χ0) is 15.2. The molecule has 0 fully saturated rings. The molecule has 0 spiro atoms. The Hall–Kier alpha value is -2.17. The fraction of sp³-hybridized carbons (Fsp3) is 0.400. The molecular formula is C15H19NO4. The molecule has 0 aliphatic rings. The van der Waals surface area contributed by atoms with Crippen LogP contribution in [-0.4, -0.2) is 29.3 Å². The lowest BCUT2D eigenvalue weighted by Crippen LogP contribution is -2.33. The highest BCUT2D eigenvalue weighted by Crippen LogP contribution is 2.26. The first-order valence-electron chi connectivity index (χ1n) is 6.37. The number of hydrogen-bond acceptors (Lipinski definition) is 3. The van der Waals surface area contributed by atoms with Crippen LogP contribution in [0.15, 0.2) is 30.3 Å². The Morgan fingerprint density at radius 2 is 1.70 bits per heavy atom. The largest absolute Gasteiger partial charge is 0.480 e. The van der Waals surface area contributed by atoms with Crippen LogP contribution in [0.4, 0.5) is 0 Å². The van der Waals surface area contributed by atoms with Crippen molar-refractivity contribution < 1.29 is 19.5 Å². The van der Waals surface area contributed by atoms with Crippen molar-refractivity contribution in [3.63, 3.8) is 0 Å². The average Bonchev–Trinajstić information content (AvgIpc) is 2.36. The van der Waals surface area contributed by atoms with E-state index in [0.717, 1.165) is 0 Å². The first-order valence-corrected chi connectivity index (χ1v) is 6.37. The molecule has 0 aromatic heterocycles. The molecule has 0 saturated heterocycles. The number of rotatable bonds is 7. The van der Waals surface area contributed by atoms with Gasteiger partial charge in [-0.1, -0.05) is 44.2 Å². The van der Waals surface area contributed by atoms with Gasteiger partial charge in [-0.05, 0) is 5.41 Å². The van der Waals surface area contributed by atoms with Gasteiger partial charge in [-0.3, -0.25) is 14.4 Å². The molecule has 1 aromatic rings. The van der Waals surface area contributed by atoms with Crippen LogP contribution < -0.4 is 5.32 Å². The summed E-state index contributed by atoms with van der Waals surface area (Å²) in [6.07, 6.45) is 0.344. The third kappa shape index (κ3) is 5.65. The van der Waals surface area contributed by atoms with Crippen molar-refractivity contribution in [3.05, 3.63) is 35.9 Å². The minimum absolute atomic E-state index is 0.0263. The SMILES string of the molecule is CC(C)(CC(=O)NCC(=O)O)CC(=O)c1ccccc1. The van der Waals surface area contributed by atoms with Crippen LogP contribution in [0.3, 0.4) is 0 Å². The molecule has 1 aromatic carbocycles. The van der Waals surface area contributed by atoms with E-state index in [-0.39, 0.29) is 24.5 Å². The third-order valence-corrected chi connectivity index (χ3v) is 2.81. The van der Waals surface area contributed by atoms with E-state index in [1.807, 2.05) is 19.9 Å². The summed E-state index contributed by atoms with van der Waals surface area (Å²) < 4.78 is 0. The van der Waals surface area contributed by atoms with Crippen LogP contribution in [0.1, 0.15) is 37.0 Å². The molecule has 0 radical (unpaired) electrons. The maximum absolute atomic E-state index is 12.1. The number of amides is 1. The van der Waals surface area contributed by atoms with Gasteiger partial charge in [0.15, 0.2) is 5.78 Å². The summed E-state index contributed by atoms with van der Waals surface area (Å²) in [5, 5.41) is 10.8. The monoisotopic (exact) mass is 277 g/mol. The molecule has 1 rings (SSSR count). The highest BCUT2D eigenvalue weighted by molar-refractivity contribution is 5.96. The van der Waals surface area contributed by atoms with E-state index in [0.29, 0.717) is 5.56 Å². The van der Waals surface area contributed by atoms with Gasteiger partial charge in [0.1, 0.15) is 6.54 Å². The predicted octanol–water partition coefficient (Wildman–Crippen LogP) is 1.88. The zero-order valence-corrected chi connectivity index (χ0v) is 11.7. The molecule has 108 valence electrons. The summed E-state index contributed by atoms with van der Waals surface area (Å²) in [6, 6.07) is 8.90. The molecule has 0 aliphatic carbocycles. The smallest absolute Gasteiger partial charge is 0.322 e. The second-order valence-electron chi connectivity index (χ2n) is 5.48. The molecule has 0 bridgehead atoms. The van der Waals surface area contributed by atoms with E-state index >= 15 is 0 Å². The second kappa shape index (κ2) is 6.84. The number of Topliss-reactive ketones (excluding diaryl/α,β-unsaturated/α-hetero) is 1. The van der Waals surface area contributed by atoms with E-state index in [2.05, 4.69) is 5.32 Å². The standard InChI is InChI=1S/C15H19NO4/c1-15(2,9-13(18)16-10-14(19)20)8-12(17)11-6-4-3-5-7-11/h3-7H,8-10H2,1-2H3,(H,16,18)(H,19,20). The van der Waals surface area contributed by atoms with Crippen molar-refractivity contribution in [1.29, 1.82) is 0 Å². The lowest BCUT2D eigenvalue weighted by atomic mass is 9.82. The first kappa shape index (κ1) is 15.9. The molecular weight excluding hydrogens is 258 g/mol. The van der Waals surface area contributed by atoms with Crippen LogP contribution in [0.2, 0.25) is 0 Å². The minimum Gasteiger partial charge on any atom is -0.480 e. The van der Waals surface area contributed by atoms with Gasteiger partial charge < -0.3 is 10.4 Å². The Labute approximate surface area is 118 Å². The highest BCUT2D eigenvalue weighted by atomic mass is 16.4. The summed E-state index contributed by atoms with van der Waals surface area (Å²) in [4.78, 5) is 34.0. The van der Waals surface area contributed by atoms with Crippen LogP contribution in [0.5, 0.6) is 0 Å². The van der Waals surface area contributed by atoms with Crippen molar-refractivity contribution in [2.45, 2.75) is 26.7 Å². The van der Waals surface area contributed by atoms with E-state index in [1.165, 1.54) is 0 Å². The molecule has 20 heavy (non-hydrogen) atoms. The number of aliphatic carboxylic acids is 1. The number of carbonyl (C=O) groups is 3. The number of carbonyl (C=O) groups excluding carboxylic acids is 2. The number of ketones is 1. The predicted molar refractivity (Wildman–Crippen MR) is 74.4 cm³/mol. The maximum atomic E-state index is 12.1. The summed E-state index contributed by atoms with van der Waals surface area (Å²) in [7, 11) is 0. The number of nitrogens with one attached hydrogen (secondary N) is 1. The van der Waals surface area contributed by atoms with E-state index in [1.54, 1.807) is 24.3 Å². The molecule has 1 amide bonds. The summed E-state index contributed by atoms with van der Waals surface area (Å²) in [5.41, 5.74) is 0.0988. The fourth-order valence-electron chi connectivity index (χ4n) is 1.89. The Bertz CT molecular complexity index is 494. The molecule has 0 atom stereocenters. The van der Waals surface area contributed by atoms with E-state index in [4.69, 9.17) is 5.11 Å². The van der Waals surface area contributed by atoms with Crippen molar-refractivity contribution in [2.24, 2.45) is 5.41 Å². The van der Waals surface area contributed by atoms with Gasteiger partial charge in [-0.25, -0.2) is 0 Å². The molecule has 0 aliphatic heterocycles. The van der Waals surface area contributed by atoms with E-state index < -0.39 is 17.9 Å². The van der Waals surface area contributed by atoms with Gasteiger partial charge in [0.05, 0.1) is 0 Å². The summed E-state index contributed by atoms with van der Waals surface area (Å²) in [6.45, 7) is 3.23. The van der Waals surface area contributed by atoms with Gasteiger partial charge in [0.25, 0.3) is 0 Å². The minimum atomic E-state index is -1.09. The van der Waals surface area contributed by atoms with Crippen LogP contribution in [-0.2, 0) is 9.59 Å². The maximum Gasteiger partial charge on any atom is 0.322 e. The van der Waals surface area contributed by atoms with Gasteiger partial charge in [-0.2, -0.15) is 0 Å². The molecule has 0 saturated carbocycles. The van der Waals surface area contributed by atoms with Crippen LogP contribution >= 0.6 is 0 Å². The Morgan fingerprint density at radius 1 is 1.10 bits per heavy atom. The summed E-state index contributed by atoms with van der Waals surface area (Å²) >= 11 is 0. The van der Waals surface area contributed by atoms with Gasteiger partial charge in [-0.15, -0.1) is 0 Å². The van der Waals surface area contributed by atoms with Gasteiger partial charge in [0, 0.05) is 18.4 Å². The molecule has 0 unspecified atom stereocenters. The lowest BCUT2D eigenvalue weighted by Gasteiger charge is -2.22. The lowest BCUT2D eigenvalue weighted by molar-refractivity contribution is -0.138. The Morgan fingerprint density at radius 3 is 2.25 bits per heavy atom. The van der Waals surface area contributed by atoms with Crippen molar-refractivity contribution in [1.82, 2.24) is 5.32 Å². The summed E-state index contributed by atoms with van der Waals surface area (Å²) in [5.74, 6) is -1.48. The molecule has 0 heterocycles. The fourth-order valence-corrected chi connectivity index (χ4v) is 1.89. The van der Waals surface area contributed by atoms with E-state index in [9.17, 15) is 14.4 Å². The molecule has 2 N–H and O–H groups in total. The number of carboxylic acid groups (broad SMARTS) is 1. The van der Waals surface area contributed by atoms with Crippen LogP contribution in [0, 0.1) is 5.41 Å². The average molecular weight is 277 g/mol. The number of benzene rings is 1. The van der Waals surface area contributed by atoms with Crippen molar-refractivity contribution in [2.75, 3.05) is 6.54 Å². The van der Waals surface area contributed by atoms with Crippen LogP contribution in [0.25, 0.3) is 0 Å². The number of carboxylic acids is 1. The number of hydrogen-bond donors (Lipinski definition) is 2. The second-order valence-corrected chi connectivity index (χ2v) is 5.48. The third-order valence-electron chi connectivity index (χ3n) is 2.81. The molecule has 5 heteroatoms. The normalized spacial score (nSPS) is 10.9. The van der Waals surface area contributed by atoms with Gasteiger partial charge >= 0.3 is 5.97 Å². The van der Waals surface area contributed by atoms with Crippen molar-refractivity contribution in [3.8, 4) is 0 Å². The molecule has 5 nitrogen and oxygen atoms in total. The Balaban J connectivity index is 2.54. The first-order chi connectivity index (χ1) is 9.30. The Kier molecular flexibility index (Phi) is 5.43. The van der Waals surface area contributed by atoms with Crippen molar-refractivity contribution >= 4 is 17.7 Å².